The maximum atomic E-state index is 13.0. The van der Waals surface area contributed by atoms with Crippen LogP contribution >= 0.6 is 0 Å². The number of anilines is 2. The molecule has 0 aliphatic rings. The van der Waals surface area contributed by atoms with Gasteiger partial charge in [0.2, 0.25) is 10.0 Å². The molecule has 0 saturated carbocycles. The summed E-state index contributed by atoms with van der Waals surface area (Å²) in [5, 5.41) is 2.88. The molecular weight excluding hydrogens is 448 g/mol. The molecule has 0 fully saturated rings. The number of carbonyl (C=O) groups is 1. The van der Waals surface area contributed by atoms with E-state index in [4.69, 9.17) is 4.74 Å². The SMILES string of the molecule is CCCS(=O)(=O)N(Cc1ccc(NC(=O)c2ccccc2OCC)cc1)c1ccc(C)c(C)c1. The van der Waals surface area contributed by atoms with Crippen molar-refractivity contribution in [2.24, 2.45) is 0 Å². The summed E-state index contributed by atoms with van der Waals surface area (Å²) in [7, 11) is -3.48. The van der Waals surface area contributed by atoms with Gasteiger partial charge in [-0.05, 0) is 80.3 Å². The summed E-state index contributed by atoms with van der Waals surface area (Å²) < 4.78 is 33.1. The minimum absolute atomic E-state index is 0.0767. The van der Waals surface area contributed by atoms with Crippen LogP contribution in [0.15, 0.2) is 66.7 Å². The van der Waals surface area contributed by atoms with Gasteiger partial charge in [0.1, 0.15) is 5.75 Å². The van der Waals surface area contributed by atoms with Crippen molar-refractivity contribution < 1.29 is 17.9 Å². The van der Waals surface area contributed by atoms with Crippen molar-refractivity contribution in [1.29, 1.82) is 0 Å². The number of amides is 1. The molecular formula is C27H32N2O4S. The number of nitrogens with zero attached hydrogens (tertiary/aromatic N) is 1. The van der Waals surface area contributed by atoms with Gasteiger partial charge in [0.15, 0.2) is 0 Å². The topological polar surface area (TPSA) is 75.7 Å². The Morgan fingerprint density at radius 3 is 2.29 bits per heavy atom. The third-order valence-corrected chi connectivity index (χ3v) is 7.48. The fourth-order valence-electron chi connectivity index (χ4n) is 3.59. The monoisotopic (exact) mass is 480 g/mol. The summed E-state index contributed by atoms with van der Waals surface area (Å²) in [5.74, 6) is 0.344. The Morgan fingerprint density at radius 1 is 0.941 bits per heavy atom. The number of sulfonamides is 1. The van der Waals surface area contributed by atoms with E-state index in [1.807, 2.05) is 64.1 Å². The number of benzene rings is 3. The summed E-state index contributed by atoms with van der Waals surface area (Å²) in [6.45, 7) is 8.39. The van der Waals surface area contributed by atoms with Gasteiger partial charge < -0.3 is 10.1 Å². The lowest BCUT2D eigenvalue weighted by molar-refractivity contribution is 0.102. The molecule has 3 aromatic rings. The Bertz CT molecular complexity index is 1240. The van der Waals surface area contributed by atoms with E-state index in [-0.39, 0.29) is 18.2 Å². The van der Waals surface area contributed by atoms with Crippen LogP contribution in [0.1, 0.15) is 47.3 Å². The molecule has 3 aromatic carbocycles. The zero-order valence-electron chi connectivity index (χ0n) is 20.2. The standard InChI is InChI=1S/C27H32N2O4S/c1-5-17-34(31,32)29(24-16-11-20(3)21(4)18-24)19-22-12-14-23(15-13-22)28-27(30)25-9-7-8-10-26(25)33-6-2/h7-16,18H,5-6,17,19H2,1-4H3,(H,28,30). The number of ether oxygens (including phenoxy) is 1. The molecule has 0 heterocycles. The van der Waals surface area contributed by atoms with Crippen molar-refractivity contribution in [3.8, 4) is 5.75 Å². The number of nitrogens with one attached hydrogen (secondary N) is 1. The molecule has 0 atom stereocenters. The summed E-state index contributed by atoms with van der Waals surface area (Å²) >= 11 is 0. The molecule has 0 aliphatic heterocycles. The van der Waals surface area contributed by atoms with E-state index in [9.17, 15) is 13.2 Å². The average Bonchev–Trinajstić information content (AvgIpc) is 2.81. The normalized spacial score (nSPS) is 11.2. The highest BCUT2D eigenvalue weighted by Gasteiger charge is 2.22. The van der Waals surface area contributed by atoms with E-state index in [2.05, 4.69) is 5.32 Å². The molecule has 0 saturated heterocycles. The highest BCUT2D eigenvalue weighted by molar-refractivity contribution is 7.92. The van der Waals surface area contributed by atoms with E-state index in [0.29, 0.717) is 35.7 Å². The van der Waals surface area contributed by atoms with Gasteiger partial charge in [-0.25, -0.2) is 8.42 Å². The van der Waals surface area contributed by atoms with Gasteiger partial charge in [-0.2, -0.15) is 0 Å². The summed E-state index contributed by atoms with van der Waals surface area (Å²) in [6.07, 6.45) is 0.540. The summed E-state index contributed by atoms with van der Waals surface area (Å²) in [4.78, 5) is 12.7. The maximum Gasteiger partial charge on any atom is 0.259 e. The van der Waals surface area contributed by atoms with Crippen LogP contribution in [0.2, 0.25) is 0 Å². The Morgan fingerprint density at radius 2 is 1.65 bits per heavy atom. The van der Waals surface area contributed by atoms with Gasteiger partial charge in [0.25, 0.3) is 5.91 Å². The second kappa shape index (κ2) is 11.2. The molecule has 0 aromatic heterocycles. The fourth-order valence-corrected chi connectivity index (χ4v) is 5.11. The first-order chi connectivity index (χ1) is 16.2. The number of hydrogen-bond donors (Lipinski definition) is 1. The quantitative estimate of drug-likeness (QED) is 0.404. The average molecular weight is 481 g/mol. The van der Waals surface area contributed by atoms with E-state index in [1.54, 1.807) is 30.3 Å². The van der Waals surface area contributed by atoms with Gasteiger partial charge in [-0.15, -0.1) is 0 Å². The molecule has 0 spiro atoms. The maximum absolute atomic E-state index is 13.0. The summed E-state index contributed by atoms with van der Waals surface area (Å²) in [6, 6.07) is 20.0. The highest BCUT2D eigenvalue weighted by atomic mass is 32.2. The van der Waals surface area contributed by atoms with E-state index >= 15 is 0 Å². The number of para-hydroxylation sites is 1. The van der Waals surface area contributed by atoms with Crippen molar-refractivity contribution >= 4 is 27.3 Å². The molecule has 1 amide bonds. The minimum atomic E-state index is -3.48. The van der Waals surface area contributed by atoms with Crippen molar-refractivity contribution in [1.82, 2.24) is 0 Å². The van der Waals surface area contributed by atoms with E-state index < -0.39 is 10.0 Å². The third kappa shape index (κ3) is 6.17. The molecule has 6 nitrogen and oxygen atoms in total. The van der Waals surface area contributed by atoms with E-state index in [0.717, 1.165) is 16.7 Å². The Labute approximate surface area is 202 Å². The van der Waals surface area contributed by atoms with Crippen LogP contribution in [-0.4, -0.2) is 26.7 Å². The number of rotatable bonds is 10. The third-order valence-electron chi connectivity index (χ3n) is 5.55. The van der Waals surface area contributed by atoms with Gasteiger partial charge in [0.05, 0.1) is 30.2 Å². The van der Waals surface area contributed by atoms with Gasteiger partial charge in [-0.1, -0.05) is 37.3 Å². The lowest BCUT2D eigenvalue weighted by Crippen LogP contribution is -2.32. The predicted molar refractivity (Wildman–Crippen MR) is 138 cm³/mol. The van der Waals surface area contributed by atoms with Crippen LogP contribution in [0, 0.1) is 13.8 Å². The molecule has 34 heavy (non-hydrogen) atoms. The Hall–Kier alpha value is -3.32. The molecule has 0 bridgehead atoms. The van der Waals surface area contributed by atoms with Crippen LogP contribution < -0.4 is 14.4 Å². The van der Waals surface area contributed by atoms with Crippen LogP contribution in [0.5, 0.6) is 5.75 Å². The number of hydrogen-bond acceptors (Lipinski definition) is 4. The van der Waals surface area contributed by atoms with Gasteiger partial charge in [-0.3, -0.25) is 9.10 Å². The lowest BCUT2D eigenvalue weighted by atomic mass is 10.1. The molecule has 7 heteroatoms. The van der Waals surface area contributed by atoms with Crippen LogP contribution in [0.25, 0.3) is 0 Å². The highest BCUT2D eigenvalue weighted by Crippen LogP contribution is 2.25. The van der Waals surface area contributed by atoms with Crippen molar-refractivity contribution in [3.05, 3.63) is 89.0 Å². The second-order valence-electron chi connectivity index (χ2n) is 8.17. The first-order valence-electron chi connectivity index (χ1n) is 11.4. The molecule has 0 radical (unpaired) electrons. The minimum Gasteiger partial charge on any atom is -0.493 e. The van der Waals surface area contributed by atoms with Crippen molar-refractivity contribution in [2.45, 2.75) is 40.7 Å². The van der Waals surface area contributed by atoms with Crippen molar-refractivity contribution in [3.63, 3.8) is 0 Å². The predicted octanol–water partition coefficient (Wildman–Crippen LogP) is 5.70. The molecule has 1 N–H and O–H groups in total. The molecule has 0 unspecified atom stereocenters. The van der Waals surface area contributed by atoms with E-state index in [1.165, 1.54) is 4.31 Å². The van der Waals surface area contributed by atoms with Crippen molar-refractivity contribution in [2.75, 3.05) is 22.0 Å². The molecule has 0 aliphatic carbocycles. The number of aryl methyl sites for hydroxylation is 2. The molecule has 3 rings (SSSR count). The second-order valence-corrected chi connectivity index (χ2v) is 10.2. The zero-order valence-corrected chi connectivity index (χ0v) is 21.0. The van der Waals surface area contributed by atoms with Crippen LogP contribution in [0.3, 0.4) is 0 Å². The first-order valence-corrected chi connectivity index (χ1v) is 13.1. The first kappa shape index (κ1) is 25.3. The van der Waals surface area contributed by atoms with Gasteiger partial charge >= 0.3 is 0 Å². The van der Waals surface area contributed by atoms with Crippen LogP contribution in [0.4, 0.5) is 11.4 Å². The fraction of sp³-hybridized carbons (Fsp3) is 0.296. The van der Waals surface area contributed by atoms with Gasteiger partial charge in [0, 0.05) is 5.69 Å². The largest absolute Gasteiger partial charge is 0.493 e. The van der Waals surface area contributed by atoms with Crippen LogP contribution in [-0.2, 0) is 16.6 Å². The smallest absolute Gasteiger partial charge is 0.259 e. The Balaban J connectivity index is 1.80. The molecule has 180 valence electrons. The number of carbonyl (C=O) groups excluding carboxylic acids is 1. The Kier molecular flexibility index (Phi) is 8.34. The lowest BCUT2D eigenvalue weighted by Gasteiger charge is -2.25. The zero-order chi connectivity index (χ0) is 24.7. The summed E-state index contributed by atoms with van der Waals surface area (Å²) in [5.41, 5.74) is 4.71.